The molecule has 0 spiro atoms. The lowest BCUT2D eigenvalue weighted by atomic mass is 10.2. The summed E-state index contributed by atoms with van der Waals surface area (Å²) in [7, 11) is 1.48. The Bertz CT molecular complexity index is 759. The number of carbonyl (C=O) groups excluding carboxylic acids is 3. The largest absolute Gasteiger partial charge is 0.493 e. The Morgan fingerprint density at radius 3 is 2.59 bits per heavy atom. The van der Waals surface area contributed by atoms with Gasteiger partial charge in [0.25, 0.3) is 5.91 Å². The first-order valence-electron chi connectivity index (χ1n) is 9.21. The molecular weight excluding hydrogens is 380 g/mol. The Labute approximate surface area is 169 Å². The van der Waals surface area contributed by atoms with Gasteiger partial charge >= 0.3 is 11.8 Å². The summed E-state index contributed by atoms with van der Waals surface area (Å²) in [5.41, 5.74) is 2.76. The van der Waals surface area contributed by atoms with Gasteiger partial charge in [-0.15, -0.1) is 0 Å². The molecule has 1 aliphatic heterocycles. The fraction of sp³-hybridized carbons (Fsp3) is 0.474. The summed E-state index contributed by atoms with van der Waals surface area (Å²) in [5.74, 6) is -0.922. The number of nitrogens with one attached hydrogen (secondary N) is 2. The van der Waals surface area contributed by atoms with Crippen molar-refractivity contribution < 1.29 is 28.6 Å². The standard InChI is InChI=1S/C19H26N4O6/c1-13(2)21-18(25)19(26)22-20-11-14-4-5-15(16(10-14)27-3)29-12-17(24)23-6-8-28-9-7-23/h4-5,10-11,13H,6-9,12H2,1-3H3,(H,21,25)(H,22,26)/b20-11-. The van der Waals surface area contributed by atoms with Crippen LogP contribution in [-0.2, 0) is 19.1 Å². The molecule has 10 nitrogen and oxygen atoms in total. The zero-order chi connectivity index (χ0) is 21.2. The van der Waals surface area contributed by atoms with Crippen molar-refractivity contribution >= 4 is 23.9 Å². The molecule has 0 aromatic heterocycles. The van der Waals surface area contributed by atoms with Crippen molar-refractivity contribution in [2.24, 2.45) is 5.10 Å². The Morgan fingerprint density at radius 2 is 1.93 bits per heavy atom. The highest BCUT2D eigenvalue weighted by atomic mass is 16.5. The average molecular weight is 406 g/mol. The molecular formula is C19H26N4O6. The maximum atomic E-state index is 12.2. The highest BCUT2D eigenvalue weighted by Gasteiger charge is 2.18. The van der Waals surface area contributed by atoms with E-state index in [2.05, 4.69) is 15.8 Å². The average Bonchev–Trinajstić information content (AvgIpc) is 2.72. The number of rotatable bonds is 7. The Kier molecular flexibility index (Phi) is 8.41. The summed E-state index contributed by atoms with van der Waals surface area (Å²) >= 11 is 0. The molecule has 0 radical (unpaired) electrons. The second kappa shape index (κ2) is 11.0. The van der Waals surface area contributed by atoms with E-state index in [4.69, 9.17) is 14.2 Å². The zero-order valence-corrected chi connectivity index (χ0v) is 16.8. The van der Waals surface area contributed by atoms with Crippen LogP contribution in [0.3, 0.4) is 0 Å². The monoisotopic (exact) mass is 406 g/mol. The van der Waals surface area contributed by atoms with Gasteiger partial charge in [0.2, 0.25) is 0 Å². The van der Waals surface area contributed by atoms with Crippen LogP contribution >= 0.6 is 0 Å². The van der Waals surface area contributed by atoms with Gasteiger partial charge in [0.15, 0.2) is 18.1 Å². The molecule has 1 heterocycles. The third-order valence-corrected chi connectivity index (χ3v) is 3.91. The number of amides is 3. The predicted octanol–water partition coefficient (Wildman–Crippen LogP) is -0.0925. The van der Waals surface area contributed by atoms with Crippen molar-refractivity contribution in [1.82, 2.24) is 15.6 Å². The van der Waals surface area contributed by atoms with Crippen molar-refractivity contribution in [3.63, 3.8) is 0 Å². The van der Waals surface area contributed by atoms with Crippen molar-refractivity contribution in [2.45, 2.75) is 19.9 Å². The molecule has 3 amide bonds. The van der Waals surface area contributed by atoms with Crippen LogP contribution in [0.15, 0.2) is 23.3 Å². The molecule has 1 fully saturated rings. The van der Waals surface area contributed by atoms with Crippen LogP contribution in [0, 0.1) is 0 Å². The molecule has 0 saturated carbocycles. The summed E-state index contributed by atoms with van der Waals surface area (Å²) in [6, 6.07) is 4.81. The normalized spacial score (nSPS) is 14.0. The van der Waals surface area contributed by atoms with Crippen LogP contribution in [0.5, 0.6) is 11.5 Å². The number of hydrogen-bond donors (Lipinski definition) is 2. The second-order valence-electron chi connectivity index (χ2n) is 6.52. The summed E-state index contributed by atoms with van der Waals surface area (Å²) in [6.07, 6.45) is 1.37. The molecule has 1 aromatic rings. The maximum Gasteiger partial charge on any atom is 0.329 e. The lowest BCUT2D eigenvalue weighted by Gasteiger charge is -2.26. The van der Waals surface area contributed by atoms with Crippen LogP contribution < -0.4 is 20.2 Å². The molecule has 2 rings (SSSR count). The molecule has 1 aliphatic rings. The molecule has 10 heteroatoms. The third kappa shape index (κ3) is 7.07. The van der Waals surface area contributed by atoms with Gasteiger partial charge in [-0.25, -0.2) is 5.43 Å². The van der Waals surface area contributed by atoms with Crippen molar-refractivity contribution in [2.75, 3.05) is 40.0 Å². The molecule has 0 bridgehead atoms. The van der Waals surface area contributed by atoms with Crippen molar-refractivity contribution in [3.05, 3.63) is 23.8 Å². The smallest absolute Gasteiger partial charge is 0.329 e. The number of benzene rings is 1. The lowest BCUT2D eigenvalue weighted by molar-refractivity contribution is -0.139. The number of nitrogens with zero attached hydrogens (tertiary/aromatic N) is 2. The zero-order valence-electron chi connectivity index (χ0n) is 16.8. The van der Waals surface area contributed by atoms with E-state index >= 15 is 0 Å². The minimum absolute atomic E-state index is 0.106. The number of carbonyl (C=O) groups is 3. The number of methoxy groups -OCH3 is 1. The quantitative estimate of drug-likeness (QED) is 0.371. The van der Waals surface area contributed by atoms with E-state index in [0.29, 0.717) is 43.4 Å². The Balaban J connectivity index is 1.91. The molecule has 0 atom stereocenters. The van der Waals surface area contributed by atoms with Gasteiger partial charge in [0, 0.05) is 19.1 Å². The van der Waals surface area contributed by atoms with Crippen LogP contribution in [0.4, 0.5) is 0 Å². The maximum absolute atomic E-state index is 12.2. The number of ether oxygens (including phenoxy) is 3. The minimum Gasteiger partial charge on any atom is -0.493 e. The van der Waals surface area contributed by atoms with E-state index < -0.39 is 11.8 Å². The Hall–Kier alpha value is -3.14. The van der Waals surface area contributed by atoms with Crippen molar-refractivity contribution in [3.8, 4) is 11.5 Å². The molecule has 0 unspecified atom stereocenters. The first-order chi connectivity index (χ1) is 13.9. The highest BCUT2D eigenvalue weighted by Crippen LogP contribution is 2.27. The lowest BCUT2D eigenvalue weighted by Crippen LogP contribution is -2.43. The van der Waals surface area contributed by atoms with Gasteiger partial charge in [0.1, 0.15) is 0 Å². The first-order valence-corrected chi connectivity index (χ1v) is 9.21. The highest BCUT2D eigenvalue weighted by molar-refractivity contribution is 6.35. The number of hydrazone groups is 1. The molecule has 1 aromatic carbocycles. The summed E-state index contributed by atoms with van der Waals surface area (Å²) < 4.78 is 16.1. The van der Waals surface area contributed by atoms with E-state index in [0.717, 1.165) is 0 Å². The fourth-order valence-corrected chi connectivity index (χ4v) is 2.47. The van der Waals surface area contributed by atoms with Gasteiger partial charge < -0.3 is 24.4 Å². The van der Waals surface area contributed by atoms with Gasteiger partial charge in [-0.2, -0.15) is 5.10 Å². The van der Waals surface area contributed by atoms with Gasteiger partial charge in [-0.3, -0.25) is 14.4 Å². The minimum atomic E-state index is -0.858. The third-order valence-electron chi connectivity index (χ3n) is 3.91. The molecule has 158 valence electrons. The van der Waals surface area contributed by atoms with E-state index in [1.807, 2.05) is 0 Å². The molecule has 0 aliphatic carbocycles. The first kappa shape index (κ1) is 22.2. The second-order valence-corrected chi connectivity index (χ2v) is 6.52. The van der Waals surface area contributed by atoms with Crippen LogP contribution in [-0.4, -0.2) is 74.9 Å². The fourth-order valence-electron chi connectivity index (χ4n) is 2.47. The van der Waals surface area contributed by atoms with Crippen LogP contribution in [0.2, 0.25) is 0 Å². The molecule has 1 saturated heterocycles. The van der Waals surface area contributed by atoms with Crippen LogP contribution in [0.25, 0.3) is 0 Å². The van der Waals surface area contributed by atoms with E-state index in [1.165, 1.54) is 13.3 Å². The SMILES string of the molecule is COc1cc(/C=N\NC(=O)C(=O)NC(C)C)ccc1OCC(=O)N1CCOCC1. The van der Waals surface area contributed by atoms with Crippen LogP contribution in [0.1, 0.15) is 19.4 Å². The van der Waals surface area contributed by atoms with E-state index in [-0.39, 0.29) is 18.6 Å². The van der Waals surface area contributed by atoms with Crippen molar-refractivity contribution in [1.29, 1.82) is 0 Å². The van der Waals surface area contributed by atoms with E-state index in [1.54, 1.807) is 36.9 Å². The molecule has 2 N–H and O–H groups in total. The number of morpholine rings is 1. The van der Waals surface area contributed by atoms with Gasteiger partial charge in [0.05, 0.1) is 26.5 Å². The predicted molar refractivity (Wildman–Crippen MR) is 105 cm³/mol. The molecule has 29 heavy (non-hydrogen) atoms. The Morgan fingerprint density at radius 1 is 1.21 bits per heavy atom. The summed E-state index contributed by atoms with van der Waals surface area (Å²) in [5, 5.41) is 6.22. The topological polar surface area (TPSA) is 119 Å². The van der Waals surface area contributed by atoms with E-state index in [9.17, 15) is 14.4 Å². The number of hydrogen-bond acceptors (Lipinski definition) is 7. The summed E-state index contributed by atoms with van der Waals surface area (Å²) in [4.78, 5) is 37.0. The van der Waals surface area contributed by atoms with Gasteiger partial charge in [-0.1, -0.05) is 0 Å². The van der Waals surface area contributed by atoms with Gasteiger partial charge in [-0.05, 0) is 37.6 Å². The summed E-state index contributed by atoms with van der Waals surface area (Å²) in [6.45, 7) is 5.55.